The van der Waals surface area contributed by atoms with Crippen molar-refractivity contribution in [2.45, 2.75) is 46.1 Å². The van der Waals surface area contributed by atoms with Crippen molar-refractivity contribution in [1.29, 1.82) is 0 Å². The van der Waals surface area contributed by atoms with Crippen molar-refractivity contribution >= 4 is 29.3 Å². The molecule has 0 spiro atoms. The van der Waals surface area contributed by atoms with Gasteiger partial charge < -0.3 is 16.0 Å². The molecule has 0 aromatic heterocycles. The van der Waals surface area contributed by atoms with E-state index in [4.69, 9.17) is 17.3 Å². The highest BCUT2D eigenvalue weighted by molar-refractivity contribution is 6.30. The van der Waals surface area contributed by atoms with Crippen LogP contribution in [0.2, 0.25) is 5.02 Å². The van der Waals surface area contributed by atoms with E-state index >= 15 is 0 Å². The molecular weight excluding hydrogens is 438 g/mol. The molecule has 1 fully saturated rings. The highest BCUT2D eigenvalue weighted by Crippen LogP contribution is 2.42. The summed E-state index contributed by atoms with van der Waals surface area (Å²) in [7, 11) is 0. The zero-order chi connectivity index (χ0) is 24.3. The predicted octanol–water partition coefficient (Wildman–Crippen LogP) is 4.24. The van der Waals surface area contributed by atoms with Gasteiger partial charge >= 0.3 is 0 Å². The number of hydrogen-bond acceptors (Lipinski definition) is 3. The van der Waals surface area contributed by atoms with Crippen molar-refractivity contribution in [3.8, 4) is 0 Å². The number of carbonyl (C=O) groups is 3. The minimum Gasteiger partial charge on any atom is -0.366 e. The Kier molecular flexibility index (Phi) is 7.48. The number of carbonyl (C=O) groups excluding carboxylic acids is 3. The van der Waals surface area contributed by atoms with Crippen molar-refractivity contribution in [2.24, 2.45) is 17.1 Å². The van der Waals surface area contributed by atoms with E-state index < -0.39 is 17.9 Å². The summed E-state index contributed by atoms with van der Waals surface area (Å²) < 4.78 is 0. The van der Waals surface area contributed by atoms with Crippen LogP contribution in [-0.2, 0) is 4.79 Å². The first-order valence-corrected chi connectivity index (χ1v) is 11.6. The molecule has 1 saturated heterocycles. The van der Waals surface area contributed by atoms with Gasteiger partial charge in [-0.05, 0) is 59.6 Å². The molecule has 33 heavy (non-hydrogen) atoms. The van der Waals surface area contributed by atoms with Crippen LogP contribution in [0.5, 0.6) is 0 Å². The molecular formula is C26H32ClN3O3. The standard InChI is InChI=1S/C26H32ClN3O3/c1-16(2)22(29-24(32)19-7-5-6-18(14-19)23(28)31)25(33)30-13-12-21(26(3,4)15-30)17-8-10-20(27)11-9-17/h5-11,14,16,21-22H,12-13,15H2,1-4H3,(H2,28,31)(H,29,32)/t21?,22-/m1/s1. The number of nitrogens with two attached hydrogens (primary N) is 1. The molecule has 0 saturated carbocycles. The molecule has 0 aliphatic carbocycles. The quantitative estimate of drug-likeness (QED) is 0.662. The topological polar surface area (TPSA) is 92.5 Å². The lowest BCUT2D eigenvalue weighted by Gasteiger charge is -2.45. The Morgan fingerprint density at radius 1 is 1.09 bits per heavy atom. The number of nitrogens with zero attached hydrogens (tertiary/aromatic N) is 1. The molecule has 7 heteroatoms. The average Bonchev–Trinajstić information content (AvgIpc) is 2.76. The third-order valence-electron chi connectivity index (χ3n) is 6.44. The van der Waals surface area contributed by atoms with Crippen LogP contribution in [0, 0.1) is 11.3 Å². The van der Waals surface area contributed by atoms with Gasteiger partial charge in [0, 0.05) is 29.2 Å². The number of piperidine rings is 1. The average molecular weight is 470 g/mol. The number of nitrogens with one attached hydrogen (secondary N) is 1. The van der Waals surface area contributed by atoms with E-state index in [2.05, 4.69) is 31.3 Å². The third kappa shape index (κ3) is 5.74. The van der Waals surface area contributed by atoms with Gasteiger partial charge in [0.15, 0.2) is 0 Å². The fraction of sp³-hybridized carbons (Fsp3) is 0.423. The van der Waals surface area contributed by atoms with Crippen molar-refractivity contribution in [3.63, 3.8) is 0 Å². The second kappa shape index (κ2) is 9.96. The Hall–Kier alpha value is -2.86. The zero-order valence-electron chi connectivity index (χ0n) is 19.6. The molecule has 2 aromatic carbocycles. The smallest absolute Gasteiger partial charge is 0.251 e. The molecule has 2 atom stereocenters. The normalized spacial score (nSPS) is 18.6. The third-order valence-corrected chi connectivity index (χ3v) is 6.69. The molecule has 176 valence electrons. The summed E-state index contributed by atoms with van der Waals surface area (Å²) in [5, 5.41) is 3.58. The second-order valence-corrected chi connectivity index (χ2v) is 10.2. The fourth-order valence-corrected chi connectivity index (χ4v) is 4.73. The molecule has 1 aliphatic heterocycles. The lowest BCUT2D eigenvalue weighted by atomic mass is 9.70. The Morgan fingerprint density at radius 3 is 2.30 bits per heavy atom. The van der Waals surface area contributed by atoms with Gasteiger partial charge in [-0.2, -0.15) is 0 Å². The highest BCUT2D eigenvalue weighted by atomic mass is 35.5. The van der Waals surface area contributed by atoms with Crippen LogP contribution in [0.4, 0.5) is 0 Å². The van der Waals surface area contributed by atoms with Gasteiger partial charge in [0.05, 0.1) is 0 Å². The maximum absolute atomic E-state index is 13.5. The van der Waals surface area contributed by atoms with Crippen molar-refractivity contribution in [1.82, 2.24) is 10.2 Å². The predicted molar refractivity (Wildman–Crippen MR) is 130 cm³/mol. The molecule has 3 N–H and O–H groups in total. The SMILES string of the molecule is CC(C)[C@@H](NC(=O)c1cccc(C(N)=O)c1)C(=O)N1CCC(c2ccc(Cl)cc2)C(C)(C)C1. The molecule has 1 unspecified atom stereocenters. The van der Waals surface area contributed by atoms with Gasteiger partial charge in [-0.25, -0.2) is 0 Å². The summed E-state index contributed by atoms with van der Waals surface area (Å²) >= 11 is 6.05. The lowest BCUT2D eigenvalue weighted by molar-refractivity contribution is -0.137. The van der Waals surface area contributed by atoms with Crippen LogP contribution >= 0.6 is 11.6 Å². The van der Waals surface area contributed by atoms with Gasteiger partial charge in [-0.3, -0.25) is 14.4 Å². The minimum absolute atomic E-state index is 0.0907. The number of hydrogen-bond donors (Lipinski definition) is 2. The Balaban J connectivity index is 1.73. The monoisotopic (exact) mass is 469 g/mol. The molecule has 0 radical (unpaired) electrons. The van der Waals surface area contributed by atoms with Crippen LogP contribution in [0.1, 0.15) is 66.3 Å². The molecule has 0 bridgehead atoms. The first-order chi connectivity index (χ1) is 15.5. The summed E-state index contributed by atoms with van der Waals surface area (Å²) in [4.78, 5) is 39.7. The van der Waals surface area contributed by atoms with Gasteiger partial charge in [-0.15, -0.1) is 0 Å². The molecule has 1 aliphatic rings. The van der Waals surface area contributed by atoms with Gasteiger partial charge in [0.2, 0.25) is 11.8 Å². The van der Waals surface area contributed by atoms with Crippen molar-refractivity contribution in [3.05, 3.63) is 70.2 Å². The van der Waals surface area contributed by atoms with Gasteiger partial charge in [0.25, 0.3) is 5.91 Å². The van der Waals surface area contributed by atoms with Crippen molar-refractivity contribution in [2.75, 3.05) is 13.1 Å². The maximum atomic E-state index is 13.5. The van der Waals surface area contributed by atoms with Crippen LogP contribution in [0.15, 0.2) is 48.5 Å². The first-order valence-electron chi connectivity index (χ1n) is 11.2. The number of primary amides is 1. The Bertz CT molecular complexity index is 1030. The molecule has 6 nitrogen and oxygen atoms in total. The van der Waals surface area contributed by atoms with E-state index in [-0.39, 0.29) is 22.8 Å². The number of halogens is 1. The minimum atomic E-state index is -0.669. The summed E-state index contributed by atoms with van der Waals surface area (Å²) in [5.41, 5.74) is 6.96. The van der Waals surface area contributed by atoms with Crippen LogP contribution in [0.25, 0.3) is 0 Å². The van der Waals surface area contributed by atoms with Crippen LogP contribution in [-0.4, -0.2) is 41.8 Å². The molecule has 2 aromatic rings. The van der Waals surface area contributed by atoms with E-state index in [0.717, 1.165) is 6.42 Å². The summed E-state index contributed by atoms with van der Waals surface area (Å²) in [6, 6.07) is 13.5. The summed E-state index contributed by atoms with van der Waals surface area (Å²) in [6.45, 7) is 9.37. The number of amides is 3. The number of likely N-dealkylation sites (tertiary alicyclic amines) is 1. The molecule has 3 amide bonds. The number of benzene rings is 2. The summed E-state index contributed by atoms with van der Waals surface area (Å²) in [5.74, 6) is -0.889. The zero-order valence-corrected chi connectivity index (χ0v) is 20.4. The van der Waals surface area contributed by atoms with Gasteiger partial charge in [-0.1, -0.05) is 57.5 Å². The highest BCUT2D eigenvalue weighted by Gasteiger charge is 2.40. The van der Waals surface area contributed by atoms with Crippen LogP contribution < -0.4 is 11.1 Å². The number of rotatable bonds is 6. The lowest BCUT2D eigenvalue weighted by Crippen LogP contribution is -2.55. The largest absolute Gasteiger partial charge is 0.366 e. The Morgan fingerprint density at radius 2 is 1.73 bits per heavy atom. The first kappa shape index (κ1) is 24.8. The Labute approximate surface area is 200 Å². The van der Waals surface area contributed by atoms with E-state index in [1.165, 1.54) is 11.6 Å². The summed E-state index contributed by atoms with van der Waals surface area (Å²) in [6.07, 6.45) is 0.833. The van der Waals surface area contributed by atoms with E-state index in [1.807, 2.05) is 30.9 Å². The van der Waals surface area contributed by atoms with E-state index in [0.29, 0.717) is 29.6 Å². The van der Waals surface area contributed by atoms with Crippen molar-refractivity contribution < 1.29 is 14.4 Å². The molecule has 1 heterocycles. The second-order valence-electron chi connectivity index (χ2n) is 9.78. The van der Waals surface area contributed by atoms with E-state index in [9.17, 15) is 14.4 Å². The van der Waals surface area contributed by atoms with Crippen LogP contribution in [0.3, 0.4) is 0 Å². The fourth-order valence-electron chi connectivity index (χ4n) is 4.61. The maximum Gasteiger partial charge on any atom is 0.251 e. The molecule has 3 rings (SSSR count). The van der Waals surface area contributed by atoms with Gasteiger partial charge in [0.1, 0.15) is 6.04 Å². The van der Waals surface area contributed by atoms with E-state index in [1.54, 1.807) is 18.2 Å².